The van der Waals surface area contributed by atoms with Crippen LogP contribution in [0.5, 0.6) is 0 Å². The Labute approximate surface area is 149 Å². The van der Waals surface area contributed by atoms with Crippen molar-refractivity contribution in [3.8, 4) is 5.69 Å². The Morgan fingerprint density at radius 3 is 2.81 bits per heavy atom. The van der Waals surface area contributed by atoms with Crippen LogP contribution >= 0.6 is 0 Å². The minimum atomic E-state index is -0.251. The van der Waals surface area contributed by atoms with Gasteiger partial charge in [0, 0.05) is 23.4 Å². The van der Waals surface area contributed by atoms with Crippen molar-refractivity contribution in [2.24, 2.45) is 0 Å². The predicted molar refractivity (Wildman–Crippen MR) is 94.6 cm³/mol. The van der Waals surface area contributed by atoms with E-state index in [1.165, 1.54) is 6.33 Å². The Hall–Kier alpha value is -3.29. The molecule has 1 aromatic carbocycles. The molecule has 132 valence electrons. The van der Waals surface area contributed by atoms with Gasteiger partial charge in [0.25, 0.3) is 5.91 Å². The number of Topliss-reactive ketones (excluding diaryl/α,β-unsaturated/α-hetero) is 1. The van der Waals surface area contributed by atoms with Crippen LogP contribution in [-0.4, -0.2) is 36.9 Å². The minimum absolute atomic E-state index is 0.112. The highest BCUT2D eigenvalue weighted by atomic mass is 16.2. The fraction of sp³-hybridized carbons (Fsp3) is 0.278. The van der Waals surface area contributed by atoms with E-state index in [-0.39, 0.29) is 11.7 Å². The standard InChI is InChI=1S/C18H18N6O2/c1-10-8-12(6-7-14(10)24-9-19-22-23-24)20-18(26)17-11(2)16-13(21-17)4-3-5-15(16)25/h6-9,21H,3-5H2,1-2H3,(H,20,26). The minimum Gasteiger partial charge on any atom is -0.354 e. The first kappa shape index (κ1) is 16.2. The molecule has 26 heavy (non-hydrogen) atoms. The number of nitrogens with zero attached hydrogens (tertiary/aromatic N) is 4. The van der Waals surface area contributed by atoms with Gasteiger partial charge in [-0.05, 0) is 66.4 Å². The maximum Gasteiger partial charge on any atom is 0.272 e. The fourth-order valence-corrected chi connectivity index (χ4v) is 3.46. The molecule has 1 aliphatic carbocycles. The van der Waals surface area contributed by atoms with Gasteiger partial charge in [-0.3, -0.25) is 9.59 Å². The molecule has 0 saturated carbocycles. The van der Waals surface area contributed by atoms with Gasteiger partial charge in [0.1, 0.15) is 12.0 Å². The highest BCUT2D eigenvalue weighted by molar-refractivity contribution is 6.08. The monoisotopic (exact) mass is 350 g/mol. The lowest BCUT2D eigenvalue weighted by molar-refractivity contribution is 0.0971. The van der Waals surface area contributed by atoms with Crippen LogP contribution in [0.3, 0.4) is 0 Å². The molecule has 0 aliphatic heterocycles. The van der Waals surface area contributed by atoms with Crippen LogP contribution in [0, 0.1) is 13.8 Å². The van der Waals surface area contributed by atoms with Crippen LogP contribution in [0.4, 0.5) is 5.69 Å². The van der Waals surface area contributed by atoms with E-state index in [1.807, 2.05) is 26.0 Å². The number of ketones is 1. The molecule has 4 rings (SSSR count). The first-order valence-corrected chi connectivity index (χ1v) is 8.44. The second-order valence-electron chi connectivity index (χ2n) is 6.47. The average molecular weight is 350 g/mol. The van der Waals surface area contributed by atoms with Crippen LogP contribution in [-0.2, 0) is 6.42 Å². The Morgan fingerprint density at radius 2 is 2.12 bits per heavy atom. The number of aryl methyl sites for hydroxylation is 2. The molecule has 0 fully saturated rings. The topological polar surface area (TPSA) is 106 Å². The number of tetrazole rings is 1. The molecular weight excluding hydrogens is 332 g/mol. The Morgan fingerprint density at radius 1 is 1.27 bits per heavy atom. The SMILES string of the molecule is Cc1cc(NC(=O)c2[nH]c3c(c2C)C(=O)CCC3)ccc1-n1cnnn1. The van der Waals surface area contributed by atoms with Crippen molar-refractivity contribution >= 4 is 17.4 Å². The molecule has 2 heterocycles. The summed E-state index contributed by atoms with van der Waals surface area (Å²) >= 11 is 0. The lowest BCUT2D eigenvalue weighted by Gasteiger charge is -2.09. The highest BCUT2D eigenvalue weighted by Crippen LogP contribution is 2.27. The van der Waals surface area contributed by atoms with Crippen LogP contribution in [0.25, 0.3) is 5.69 Å². The molecule has 0 spiro atoms. The zero-order chi connectivity index (χ0) is 18.3. The number of hydrogen-bond donors (Lipinski definition) is 2. The Balaban J connectivity index is 1.59. The highest BCUT2D eigenvalue weighted by Gasteiger charge is 2.26. The lowest BCUT2D eigenvalue weighted by atomic mass is 9.94. The summed E-state index contributed by atoms with van der Waals surface area (Å²) in [5.41, 5.74) is 5.16. The molecule has 0 saturated heterocycles. The number of benzene rings is 1. The maximum absolute atomic E-state index is 12.7. The summed E-state index contributed by atoms with van der Waals surface area (Å²) < 4.78 is 1.57. The second kappa shape index (κ2) is 6.21. The summed E-state index contributed by atoms with van der Waals surface area (Å²) in [4.78, 5) is 28.0. The molecule has 3 aromatic rings. The summed E-state index contributed by atoms with van der Waals surface area (Å²) in [6.45, 7) is 3.74. The van der Waals surface area contributed by atoms with Crippen molar-refractivity contribution < 1.29 is 9.59 Å². The van der Waals surface area contributed by atoms with E-state index in [1.54, 1.807) is 10.7 Å². The summed E-state index contributed by atoms with van der Waals surface area (Å²) in [5, 5.41) is 14.0. The van der Waals surface area contributed by atoms with Crippen molar-refractivity contribution in [1.82, 2.24) is 25.2 Å². The van der Waals surface area contributed by atoms with Gasteiger partial charge in [0.15, 0.2) is 5.78 Å². The number of H-pyrrole nitrogens is 1. The van der Waals surface area contributed by atoms with Crippen molar-refractivity contribution in [2.45, 2.75) is 33.1 Å². The van der Waals surface area contributed by atoms with Crippen LogP contribution < -0.4 is 5.32 Å². The fourth-order valence-electron chi connectivity index (χ4n) is 3.46. The number of hydrogen-bond acceptors (Lipinski definition) is 5. The van der Waals surface area contributed by atoms with E-state index in [4.69, 9.17) is 0 Å². The molecule has 1 amide bonds. The number of rotatable bonds is 3. The molecule has 0 radical (unpaired) electrons. The number of carbonyl (C=O) groups is 2. The van der Waals surface area contributed by atoms with Gasteiger partial charge in [-0.15, -0.1) is 5.10 Å². The van der Waals surface area contributed by atoms with Crippen LogP contribution in [0.1, 0.15) is 50.5 Å². The molecule has 1 aliphatic rings. The van der Waals surface area contributed by atoms with Gasteiger partial charge < -0.3 is 10.3 Å². The smallest absolute Gasteiger partial charge is 0.272 e. The molecule has 0 unspecified atom stereocenters. The largest absolute Gasteiger partial charge is 0.354 e. The first-order valence-electron chi connectivity index (χ1n) is 8.44. The number of amides is 1. The summed E-state index contributed by atoms with van der Waals surface area (Å²) in [5.74, 6) is -0.139. The number of aromatic amines is 1. The molecular formula is C18H18N6O2. The van der Waals surface area contributed by atoms with Gasteiger partial charge in [-0.1, -0.05) is 0 Å². The number of nitrogens with one attached hydrogen (secondary N) is 2. The van der Waals surface area contributed by atoms with E-state index in [2.05, 4.69) is 25.8 Å². The number of fused-ring (bicyclic) bond motifs is 1. The Bertz CT molecular complexity index is 1000. The zero-order valence-electron chi connectivity index (χ0n) is 14.5. The summed E-state index contributed by atoms with van der Waals surface area (Å²) in [6.07, 6.45) is 3.69. The maximum atomic E-state index is 12.7. The summed E-state index contributed by atoms with van der Waals surface area (Å²) in [7, 11) is 0. The third kappa shape index (κ3) is 2.69. The molecule has 8 nitrogen and oxygen atoms in total. The average Bonchev–Trinajstić information content (AvgIpc) is 3.24. The van der Waals surface area contributed by atoms with Crippen LogP contribution in [0.15, 0.2) is 24.5 Å². The van der Waals surface area contributed by atoms with Gasteiger partial charge in [-0.2, -0.15) is 0 Å². The quantitative estimate of drug-likeness (QED) is 0.754. The van der Waals surface area contributed by atoms with Gasteiger partial charge in [-0.25, -0.2) is 4.68 Å². The van der Waals surface area contributed by atoms with Crippen molar-refractivity contribution in [1.29, 1.82) is 0 Å². The third-order valence-corrected chi connectivity index (χ3v) is 4.71. The second-order valence-corrected chi connectivity index (χ2v) is 6.47. The number of carbonyl (C=O) groups excluding carboxylic acids is 2. The lowest BCUT2D eigenvalue weighted by Crippen LogP contribution is -2.14. The number of anilines is 1. The Kier molecular flexibility index (Phi) is 3.87. The van der Waals surface area contributed by atoms with E-state index in [0.717, 1.165) is 35.3 Å². The van der Waals surface area contributed by atoms with Gasteiger partial charge in [0.05, 0.1) is 5.69 Å². The first-order chi connectivity index (χ1) is 12.5. The van der Waals surface area contributed by atoms with Crippen molar-refractivity contribution in [2.75, 3.05) is 5.32 Å². The van der Waals surface area contributed by atoms with E-state index < -0.39 is 0 Å². The third-order valence-electron chi connectivity index (χ3n) is 4.71. The number of aromatic nitrogens is 5. The van der Waals surface area contributed by atoms with E-state index >= 15 is 0 Å². The van der Waals surface area contributed by atoms with Crippen molar-refractivity contribution in [3.05, 3.63) is 52.6 Å². The molecule has 0 bridgehead atoms. The van der Waals surface area contributed by atoms with Gasteiger partial charge >= 0.3 is 0 Å². The molecule has 8 heteroatoms. The predicted octanol–water partition coefficient (Wildman–Crippen LogP) is 2.38. The van der Waals surface area contributed by atoms with Crippen LogP contribution in [0.2, 0.25) is 0 Å². The van der Waals surface area contributed by atoms with E-state index in [9.17, 15) is 9.59 Å². The zero-order valence-corrected chi connectivity index (χ0v) is 14.5. The van der Waals surface area contributed by atoms with Crippen molar-refractivity contribution in [3.63, 3.8) is 0 Å². The molecule has 2 aromatic heterocycles. The molecule has 0 atom stereocenters. The normalized spacial score (nSPS) is 13.5. The van der Waals surface area contributed by atoms with Gasteiger partial charge in [0.2, 0.25) is 0 Å². The summed E-state index contributed by atoms with van der Waals surface area (Å²) in [6, 6.07) is 5.50. The van der Waals surface area contributed by atoms with E-state index in [0.29, 0.717) is 23.4 Å². The molecule has 2 N–H and O–H groups in total.